The molecule has 0 aliphatic carbocycles. The lowest BCUT2D eigenvalue weighted by atomic mass is 9.94. The highest BCUT2D eigenvalue weighted by Crippen LogP contribution is 2.40. The molecule has 12 nitrogen and oxygen atoms in total. The second kappa shape index (κ2) is 8.43. The quantitative estimate of drug-likeness (QED) is 0.286. The Morgan fingerprint density at radius 3 is 2.83 bits per heavy atom. The summed E-state index contributed by atoms with van der Waals surface area (Å²) in [6.45, 7) is -0.226. The van der Waals surface area contributed by atoms with Gasteiger partial charge in [-0.3, -0.25) is 9.59 Å². The number of furan rings is 1. The molecule has 13 heteroatoms. The molecule has 2 aliphatic heterocycles. The molecular formula is C16H18N4O8S. The van der Waals surface area contributed by atoms with Crippen LogP contribution in [0.25, 0.3) is 0 Å². The number of carbonyl (C=O) groups excluding carboxylic acids is 3. The molecule has 1 aromatic heterocycles. The van der Waals surface area contributed by atoms with Gasteiger partial charge in [-0.05, 0) is 12.1 Å². The zero-order valence-electron chi connectivity index (χ0n) is 15.1. The minimum atomic E-state index is -1.23. The van der Waals surface area contributed by atoms with Crippen molar-refractivity contribution in [2.75, 3.05) is 19.5 Å². The van der Waals surface area contributed by atoms with Crippen molar-refractivity contribution in [1.29, 1.82) is 0 Å². The fourth-order valence-corrected chi connectivity index (χ4v) is 4.69. The van der Waals surface area contributed by atoms with Gasteiger partial charge >= 0.3 is 12.1 Å². The first kappa shape index (κ1) is 20.5. The summed E-state index contributed by atoms with van der Waals surface area (Å²) >= 11 is 1.27. The smallest absolute Gasteiger partial charge is 0.404 e. The maximum atomic E-state index is 12.6. The lowest BCUT2D eigenvalue weighted by Gasteiger charge is -2.54. The number of nitrogens with one attached hydrogen (secondary N) is 1. The third kappa shape index (κ3) is 3.99. The van der Waals surface area contributed by atoms with Gasteiger partial charge < -0.3 is 35.0 Å². The summed E-state index contributed by atoms with van der Waals surface area (Å²) in [5.74, 6) is -2.69. The van der Waals surface area contributed by atoms with Gasteiger partial charge in [-0.2, -0.15) is 0 Å². The molecule has 3 rings (SSSR count). The van der Waals surface area contributed by atoms with Crippen molar-refractivity contribution in [3.63, 3.8) is 0 Å². The lowest BCUT2D eigenvalue weighted by molar-refractivity contribution is -0.165. The molecule has 0 spiro atoms. The first-order valence-corrected chi connectivity index (χ1v) is 9.44. The third-order valence-corrected chi connectivity index (χ3v) is 5.90. The fraction of sp³-hybridized carbons (Fsp3) is 0.438. The van der Waals surface area contributed by atoms with Gasteiger partial charge in [0, 0.05) is 11.7 Å². The van der Waals surface area contributed by atoms with Gasteiger partial charge in [0.25, 0.3) is 5.91 Å². The number of amides is 3. The Hall–Kier alpha value is -3.22. The van der Waals surface area contributed by atoms with E-state index in [1.807, 2.05) is 0 Å². The molecule has 0 radical (unpaired) electrons. The number of aliphatic carboxylic acids is 1. The highest BCUT2D eigenvalue weighted by Gasteiger charge is 2.58. The topological polar surface area (TPSA) is 174 Å². The van der Waals surface area contributed by atoms with E-state index in [1.54, 1.807) is 6.07 Å². The summed E-state index contributed by atoms with van der Waals surface area (Å²) in [7, 11) is 1.26. The second-order valence-electron chi connectivity index (χ2n) is 6.19. The molecule has 29 heavy (non-hydrogen) atoms. The molecule has 4 N–H and O–H groups in total. The number of fused-ring (bicyclic) bond motifs is 1. The molecular weight excluding hydrogens is 408 g/mol. The molecule has 0 bridgehead atoms. The number of carboxylic acids is 1. The Morgan fingerprint density at radius 1 is 1.48 bits per heavy atom. The van der Waals surface area contributed by atoms with E-state index in [0.717, 1.165) is 4.90 Å². The summed E-state index contributed by atoms with van der Waals surface area (Å²) in [4.78, 5) is 53.5. The third-order valence-electron chi connectivity index (χ3n) is 4.44. The van der Waals surface area contributed by atoms with E-state index >= 15 is 0 Å². The van der Waals surface area contributed by atoms with Crippen LogP contribution in [0, 0.1) is 5.92 Å². The highest BCUT2D eigenvalue weighted by molar-refractivity contribution is 8.00. The molecule has 2 aliphatic rings. The van der Waals surface area contributed by atoms with E-state index in [2.05, 4.69) is 15.3 Å². The largest absolute Gasteiger partial charge is 0.480 e. The first-order chi connectivity index (χ1) is 13.8. The monoisotopic (exact) mass is 426 g/mol. The number of thioether (sulfide) groups is 1. The van der Waals surface area contributed by atoms with Crippen LogP contribution in [0.1, 0.15) is 5.76 Å². The predicted molar refractivity (Wildman–Crippen MR) is 97.7 cm³/mol. The normalized spacial score (nSPS) is 26.2. The van der Waals surface area contributed by atoms with Crippen LogP contribution >= 0.6 is 11.8 Å². The number of β-lactam (4-membered cyclic amide) rings is 1. The number of carboxylic acid groups (broad SMARTS) is 1. The van der Waals surface area contributed by atoms with Gasteiger partial charge in [0.2, 0.25) is 11.6 Å². The van der Waals surface area contributed by atoms with Crippen LogP contribution in [0.5, 0.6) is 0 Å². The lowest BCUT2D eigenvalue weighted by Crippen LogP contribution is -2.76. The number of rotatable bonds is 7. The highest BCUT2D eigenvalue weighted by atomic mass is 32.2. The number of hydrogen-bond acceptors (Lipinski definition) is 9. The fourth-order valence-electron chi connectivity index (χ4n) is 3.19. The number of oxime groups is 1. The molecule has 156 valence electrons. The number of nitrogens with two attached hydrogens (primary N) is 1. The van der Waals surface area contributed by atoms with E-state index < -0.39 is 47.3 Å². The summed E-state index contributed by atoms with van der Waals surface area (Å²) in [5.41, 5.74) is 4.77. The standard InChI is InChI=1S/C16H18N4O8S/c1-26-19-9(8-3-2-4-27-8)12(21)18-10-13(22)20-11(15(23)24)7(5-28-16(17)25)6-29-14(10)20/h2-4,7,10-11,14H,5-6H2,1H3,(H2,17,25)(H,18,21)(H,23,24)/b19-9-/t7?,10-,11?,14-/m1/s1. The minimum Gasteiger partial charge on any atom is -0.480 e. The van der Waals surface area contributed by atoms with Crippen LogP contribution in [-0.2, 0) is 24.0 Å². The number of hydrogen-bond donors (Lipinski definition) is 3. The van der Waals surface area contributed by atoms with Crippen molar-refractivity contribution in [3.05, 3.63) is 24.2 Å². The summed E-state index contributed by atoms with van der Waals surface area (Å²) in [6, 6.07) is 0.931. The molecule has 2 fully saturated rings. The van der Waals surface area contributed by atoms with Gasteiger partial charge in [-0.25, -0.2) is 9.59 Å². The number of carbonyl (C=O) groups is 4. The van der Waals surface area contributed by atoms with Gasteiger partial charge in [0.1, 0.15) is 24.6 Å². The van der Waals surface area contributed by atoms with Crippen LogP contribution in [0.3, 0.4) is 0 Å². The van der Waals surface area contributed by atoms with Gasteiger partial charge in [-0.1, -0.05) is 5.16 Å². The Balaban J connectivity index is 1.71. The number of nitrogens with zero attached hydrogens (tertiary/aromatic N) is 2. The van der Waals surface area contributed by atoms with Gasteiger partial charge in [-0.15, -0.1) is 11.8 Å². The molecule has 3 heterocycles. The van der Waals surface area contributed by atoms with Gasteiger partial charge in [0.05, 0.1) is 12.9 Å². The van der Waals surface area contributed by atoms with Crippen molar-refractivity contribution in [3.8, 4) is 0 Å². The molecule has 2 unspecified atom stereocenters. The number of primary amides is 1. The SMILES string of the molecule is CO/N=C(\C(=O)N[C@@H]1C(=O)N2C(C(=O)O)C(COC(N)=O)CS[C@H]12)c1ccco1. The van der Waals surface area contributed by atoms with Crippen molar-refractivity contribution < 1.29 is 38.3 Å². The average Bonchev–Trinajstić information content (AvgIpc) is 3.21. The average molecular weight is 426 g/mol. The molecule has 0 aromatic carbocycles. The summed E-state index contributed by atoms with van der Waals surface area (Å²) in [5, 5.41) is 15.1. The maximum Gasteiger partial charge on any atom is 0.404 e. The summed E-state index contributed by atoms with van der Waals surface area (Å²) in [6.07, 6.45) is 0.330. The Kier molecular flexibility index (Phi) is 5.96. The predicted octanol–water partition coefficient (Wildman–Crippen LogP) is -0.805. The maximum absolute atomic E-state index is 12.6. The van der Waals surface area contributed by atoms with E-state index in [-0.39, 0.29) is 18.1 Å². The van der Waals surface area contributed by atoms with Gasteiger partial charge in [0.15, 0.2) is 5.76 Å². The van der Waals surface area contributed by atoms with Crippen LogP contribution in [0.15, 0.2) is 28.0 Å². The van der Waals surface area contributed by atoms with Crippen molar-refractivity contribution in [2.24, 2.45) is 16.8 Å². The Labute approximate surface area is 168 Å². The molecule has 1 aromatic rings. The molecule has 3 amide bonds. The minimum absolute atomic E-state index is 0.149. The van der Waals surface area contributed by atoms with Crippen molar-refractivity contribution in [1.82, 2.24) is 10.2 Å². The first-order valence-electron chi connectivity index (χ1n) is 8.39. The Morgan fingerprint density at radius 2 is 2.24 bits per heavy atom. The number of ether oxygens (including phenoxy) is 1. The Bertz CT molecular complexity index is 842. The molecule has 4 atom stereocenters. The van der Waals surface area contributed by atoms with E-state index in [9.17, 15) is 24.3 Å². The molecule has 2 saturated heterocycles. The zero-order valence-corrected chi connectivity index (χ0v) is 16.0. The van der Waals surface area contributed by atoms with E-state index in [0.29, 0.717) is 5.75 Å². The van der Waals surface area contributed by atoms with E-state index in [1.165, 1.54) is 31.2 Å². The zero-order chi connectivity index (χ0) is 21.1. The van der Waals surface area contributed by atoms with Crippen LogP contribution in [0.2, 0.25) is 0 Å². The molecule has 0 saturated carbocycles. The van der Waals surface area contributed by atoms with E-state index in [4.69, 9.17) is 14.9 Å². The van der Waals surface area contributed by atoms with Crippen LogP contribution in [0.4, 0.5) is 4.79 Å². The van der Waals surface area contributed by atoms with Crippen molar-refractivity contribution >= 4 is 41.4 Å². The van der Waals surface area contributed by atoms with Crippen LogP contribution < -0.4 is 11.1 Å². The van der Waals surface area contributed by atoms with Crippen LogP contribution in [-0.4, -0.2) is 76.5 Å². The van der Waals surface area contributed by atoms with Crippen molar-refractivity contribution in [2.45, 2.75) is 17.5 Å². The second-order valence-corrected chi connectivity index (χ2v) is 7.34. The summed E-state index contributed by atoms with van der Waals surface area (Å²) < 4.78 is 9.85.